The summed E-state index contributed by atoms with van der Waals surface area (Å²) >= 11 is 0. The minimum Gasteiger partial charge on any atom is -0.361 e. The SMILES string of the molecule is CCC(C)C(C)NC(=O)C(N)Cc1c[nH]c2ccccc12. The van der Waals surface area contributed by atoms with Crippen LogP contribution in [-0.2, 0) is 11.2 Å². The van der Waals surface area contributed by atoms with Crippen LogP contribution in [0.2, 0.25) is 0 Å². The summed E-state index contributed by atoms with van der Waals surface area (Å²) in [4.78, 5) is 15.4. The average Bonchev–Trinajstić information content (AvgIpc) is 2.89. The van der Waals surface area contributed by atoms with Gasteiger partial charge in [0.2, 0.25) is 5.91 Å². The Kier molecular flexibility index (Phi) is 5.02. The van der Waals surface area contributed by atoms with E-state index < -0.39 is 6.04 Å². The van der Waals surface area contributed by atoms with E-state index in [9.17, 15) is 4.79 Å². The van der Waals surface area contributed by atoms with Gasteiger partial charge in [-0.15, -0.1) is 0 Å². The number of nitrogens with two attached hydrogens (primary N) is 1. The molecule has 0 aliphatic heterocycles. The lowest BCUT2D eigenvalue weighted by atomic mass is 9.99. The van der Waals surface area contributed by atoms with Crippen LogP contribution in [0.5, 0.6) is 0 Å². The van der Waals surface area contributed by atoms with Gasteiger partial charge in [0.1, 0.15) is 0 Å². The van der Waals surface area contributed by atoms with E-state index in [0.717, 1.165) is 22.9 Å². The number of carbonyl (C=O) groups is 1. The van der Waals surface area contributed by atoms with Crippen LogP contribution in [0.15, 0.2) is 30.5 Å². The van der Waals surface area contributed by atoms with Crippen molar-refractivity contribution < 1.29 is 4.79 Å². The molecule has 1 heterocycles. The van der Waals surface area contributed by atoms with Crippen LogP contribution < -0.4 is 11.1 Å². The summed E-state index contributed by atoms with van der Waals surface area (Å²) in [6, 6.07) is 7.69. The fourth-order valence-corrected chi connectivity index (χ4v) is 2.46. The Hall–Kier alpha value is -1.81. The summed E-state index contributed by atoms with van der Waals surface area (Å²) < 4.78 is 0. The van der Waals surface area contributed by atoms with Gasteiger partial charge >= 0.3 is 0 Å². The standard InChI is InChI=1S/C17H25N3O/c1-4-11(2)12(3)20-17(21)15(18)9-13-10-19-16-8-6-5-7-14(13)16/h5-8,10-12,15,19H,4,9,18H2,1-3H3,(H,20,21). The Morgan fingerprint density at radius 3 is 2.76 bits per heavy atom. The molecular weight excluding hydrogens is 262 g/mol. The first-order valence-corrected chi connectivity index (χ1v) is 7.63. The number of hydrogen-bond acceptors (Lipinski definition) is 2. The number of aromatic nitrogens is 1. The summed E-state index contributed by atoms with van der Waals surface area (Å²) in [5.41, 5.74) is 8.23. The molecule has 2 rings (SSSR count). The Labute approximate surface area is 126 Å². The number of nitrogens with one attached hydrogen (secondary N) is 2. The first kappa shape index (κ1) is 15.6. The second-order valence-corrected chi connectivity index (χ2v) is 5.85. The number of benzene rings is 1. The molecule has 3 atom stereocenters. The molecule has 1 aromatic carbocycles. The maximum Gasteiger partial charge on any atom is 0.237 e. The summed E-state index contributed by atoms with van der Waals surface area (Å²) in [5, 5.41) is 4.15. The normalized spacial score (nSPS) is 15.6. The molecule has 3 unspecified atom stereocenters. The van der Waals surface area contributed by atoms with Crippen LogP contribution in [0.25, 0.3) is 10.9 Å². The lowest BCUT2D eigenvalue weighted by molar-refractivity contribution is -0.123. The number of carbonyl (C=O) groups excluding carboxylic acids is 1. The molecule has 4 nitrogen and oxygen atoms in total. The lowest BCUT2D eigenvalue weighted by Gasteiger charge is -2.22. The van der Waals surface area contributed by atoms with Gasteiger partial charge in [-0.2, -0.15) is 0 Å². The van der Waals surface area contributed by atoms with Gasteiger partial charge < -0.3 is 16.0 Å². The molecule has 1 amide bonds. The smallest absolute Gasteiger partial charge is 0.237 e. The molecule has 0 fully saturated rings. The van der Waals surface area contributed by atoms with E-state index in [0.29, 0.717) is 12.3 Å². The Bertz CT molecular complexity index is 605. The van der Waals surface area contributed by atoms with Crippen molar-refractivity contribution in [1.82, 2.24) is 10.3 Å². The summed E-state index contributed by atoms with van der Waals surface area (Å²) in [5.74, 6) is 0.377. The first-order chi connectivity index (χ1) is 10.0. The number of H-pyrrole nitrogens is 1. The molecule has 0 spiro atoms. The van der Waals surface area contributed by atoms with Crippen LogP contribution in [0.4, 0.5) is 0 Å². The van der Waals surface area contributed by atoms with Crippen molar-refractivity contribution in [3.8, 4) is 0 Å². The largest absolute Gasteiger partial charge is 0.361 e. The van der Waals surface area contributed by atoms with Gasteiger partial charge in [-0.05, 0) is 30.9 Å². The van der Waals surface area contributed by atoms with Gasteiger partial charge in [0.25, 0.3) is 0 Å². The highest BCUT2D eigenvalue weighted by Crippen LogP contribution is 2.18. The van der Waals surface area contributed by atoms with E-state index in [-0.39, 0.29) is 11.9 Å². The maximum absolute atomic E-state index is 12.2. The highest BCUT2D eigenvalue weighted by molar-refractivity contribution is 5.86. The molecule has 21 heavy (non-hydrogen) atoms. The third kappa shape index (κ3) is 3.64. The lowest BCUT2D eigenvalue weighted by Crippen LogP contribution is -2.47. The highest BCUT2D eigenvalue weighted by atomic mass is 16.2. The predicted molar refractivity (Wildman–Crippen MR) is 87.0 cm³/mol. The molecule has 4 heteroatoms. The van der Waals surface area contributed by atoms with Crippen molar-refractivity contribution in [3.05, 3.63) is 36.0 Å². The van der Waals surface area contributed by atoms with E-state index in [1.165, 1.54) is 0 Å². The minimum atomic E-state index is -0.518. The van der Waals surface area contributed by atoms with Gasteiger partial charge in [-0.3, -0.25) is 4.79 Å². The maximum atomic E-state index is 12.2. The Morgan fingerprint density at radius 2 is 2.05 bits per heavy atom. The second-order valence-electron chi connectivity index (χ2n) is 5.85. The third-order valence-corrected chi connectivity index (χ3v) is 4.32. The Balaban J connectivity index is 2.00. The molecule has 4 N–H and O–H groups in total. The van der Waals surface area contributed by atoms with Crippen molar-refractivity contribution in [1.29, 1.82) is 0 Å². The fraction of sp³-hybridized carbons (Fsp3) is 0.471. The van der Waals surface area contributed by atoms with Gasteiger partial charge in [0.05, 0.1) is 6.04 Å². The second kappa shape index (κ2) is 6.76. The van der Waals surface area contributed by atoms with Crippen LogP contribution >= 0.6 is 0 Å². The molecule has 0 aliphatic carbocycles. The minimum absolute atomic E-state index is 0.0759. The zero-order valence-electron chi connectivity index (χ0n) is 13.0. The van der Waals surface area contributed by atoms with Gasteiger partial charge in [0.15, 0.2) is 0 Å². The molecule has 0 saturated heterocycles. The average molecular weight is 287 g/mol. The number of aromatic amines is 1. The predicted octanol–water partition coefficient (Wildman–Crippen LogP) is 2.59. The van der Waals surface area contributed by atoms with Gasteiger partial charge in [-0.1, -0.05) is 38.5 Å². The number of hydrogen-bond donors (Lipinski definition) is 3. The third-order valence-electron chi connectivity index (χ3n) is 4.32. The Morgan fingerprint density at radius 1 is 1.33 bits per heavy atom. The molecule has 114 valence electrons. The van der Waals surface area contributed by atoms with E-state index >= 15 is 0 Å². The molecule has 2 aromatic rings. The molecular formula is C17H25N3O. The van der Waals surface area contributed by atoms with E-state index in [1.54, 1.807) is 0 Å². The number of rotatable bonds is 6. The van der Waals surface area contributed by atoms with Crippen LogP contribution in [0.3, 0.4) is 0 Å². The van der Waals surface area contributed by atoms with Gasteiger partial charge in [-0.25, -0.2) is 0 Å². The van der Waals surface area contributed by atoms with Crippen molar-refractivity contribution in [2.75, 3.05) is 0 Å². The van der Waals surface area contributed by atoms with Gasteiger partial charge in [0, 0.05) is 23.1 Å². The van der Waals surface area contributed by atoms with Crippen molar-refractivity contribution in [2.24, 2.45) is 11.7 Å². The monoisotopic (exact) mass is 287 g/mol. The van der Waals surface area contributed by atoms with E-state index in [4.69, 9.17) is 5.73 Å². The zero-order valence-corrected chi connectivity index (χ0v) is 13.0. The first-order valence-electron chi connectivity index (χ1n) is 7.63. The summed E-state index contributed by atoms with van der Waals surface area (Å²) in [6.45, 7) is 6.29. The van der Waals surface area contributed by atoms with Crippen molar-refractivity contribution in [2.45, 2.75) is 45.7 Å². The zero-order chi connectivity index (χ0) is 15.4. The summed E-state index contributed by atoms with van der Waals surface area (Å²) in [7, 11) is 0. The fourth-order valence-electron chi connectivity index (χ4n) is 2.46. The topological polar surface area (TPSA) is 70.9 Å². The summed E-state index contributed by atoms with van der Waals surface area (Å²) in [6.07, 6.45) is 3.53. The number of para-hydroxylation sites is 1. The molecule has 0 saturated carbocycles. The number of fused-ring (bicyclic) bond motifs is 1. The van der Waals surface area contributed by atoms with Crippen LogP contribution in [0, 0.1) is 5.92 Å². The number of amides is 1. The van der Waals surface area contributed by atoms with Crippen LogP contribution in [0.1, 0.15) is 32.8 Å². The van der Waals surface area contributed by atoms with Crippen molar-refractivity contribution >= 4 is 16.8 Å². The van der Waals surface area contributed by atoms with E-state index in [2.05, 4.69) is 24.1 Å². The van der Waals surface area contributed by atoms with Crippen LogP contribution in [-0.4, -0.2) is 23.0 Å². The molecule has 1 aromatic heterocycles. The molecule has 0 bridgehead atoms. The van der Waals surface area contributed by atoms with Crippen molar-refractivity contribution in [3.63, 3.8) is 0 Å². The quantitative estimate of drug-likeness (QED) is 0.764. The molecule has 0 aliphatic rings. The highest BCUT2D eigenvalue weighted by Gasteiger charge is 2.19. The molecule has 0 radical (unpaired) electrons. The van der Waals surface area contributed by atoms with E-state index in [1.807, 2.05) is 37.4 Å².